The highest BCUT2D eigenvalue weighted by molar-refractivity contribution is 6.66. The van der Waals surface area contributed by atoms with Crippen LogP contribution in [0.2, 0.25) is 0 Å². The zero-order valence-electron chi connectivity index (χ0n) is 5.52. The number of rotatable bonds is 0. The summed E-state index contributed by atoms with van der Waals surface area (Å²) in [6.07, 6.45) is 0. The molecule has 1 aromatic rings. The summed E-state index contributed by atoms with van der Waals surface area (Å²) in [4.78, 5) is 0. The summed E-state index contributed by atoms with van der Waals surface area (Å²) in [5.41, 5.74) is 1.28. The van der Waals surface area contributed by atoms with Crippen LogP contribution in [0.25, 0.3) is 0 Å². The van der Waals surface area contributed by atoms with Crippen LogP contribution in [0, 0.1) is 0 Å². The topological polar surface area (TPSA) is 0 Å². The molecular weight excluding hydrogens is 201 g/mol. The molecule has 0 saturated heterocycles. The maximum atomic E-state index is 5.60. The fraction of sp³-hybridized carbons (Fsp3) is 0.143. The largest absolute Gasteiger partial charge is 0.216 e. The number of hydrogen-bond acceptors (Lipinski definition) is 0. The Bertz CT molecular complexity index is 237. The van der Waals surface area contributed by atoms with Gasteiger partial charge in [0.15, 0.2) is 0 Å². The number of benzene rings is 1. The van der Waals surface area contributed by atoms with Crippen LogP contribution < -0.4 is 5.46 Å². The van der Waals surface area contributed by atoms with Gasteiger partial charge in [-0.2, -0.15) is 0 Å². The zero-order chi connectivity index (χ0) is 8.48. The first-order chi connectivity index (χ1) is 5.00. The standard InChI is InChI=1S/C7H4BCl3/c8-6-3-1-5(2-4-6)7(9,10)11/h1-4H. The third kappa shape index (κ3) is 2.59. The van der Waals surface area contributed by atoms with Crippen molar-refractivity contribution < 1.29 is 0 Å². The molecule has 0 atom stereocenters. The molecule has 0 spiro atoms. The summed E-state index contributed by atoms with van der Waals surface area (Å²) >= 11 is 16.8. The molecule has 11 heavy (non-hydrogen) atoms. The number of alkyl halides is 3. The summed E-state index contributed by atoms with van der Waals surface area (Å²) in [6.45, 7) is 0. The maximum absolute atomic E-state index is 5.60. The average Bonchev–Trinajstić information content (AvgIpc) is 1.86. The summed E-state index contributed by atoms with van der Waals surface area (Å²) in [5.74, 6) is 0. The van der Waals surface area contributed by atoms with Gasteiger partial charge in [-0.1, -0.05) is 64.5 Å². The van der Waals surface area contributed by atoms with Crippen LogP contribution in [0.5, 0.6) is 0 Å². The van der Waals surface area contributed by atoms with Crippen LogP contribution in [0.15, 0.2) is 24.3 Å². The van der Waals surface area contributed by atoms with Gasteiger partial charge in [-0.15, -0.1) is 0 Å². The first kappa shape index (κ1) is 9.24. The molecule has 0 fully saturated rings. The molecule has 0 aliphatic rings. The molecule has 0 unspecified atom stereocenters. The average molecular weight is 205 g/mol. The third-order valence-corrected chi connectivity index (χ3v) is 1.89. The van der Waals surface area contributed by atoms with E-state index in [1.807, 2.05) is 0 Å². The smallest absolute Gasteiger partial charge is 0.0966 e. The minimum Gasteiger partial charge on any atom is -0.0966 e. The van der Waals surface area contributed by atoms with E-state index in [2.05, 4.69) is 0 Å². The van der Waals surface area contributed by atoms with Crippen LogP contribution in [-0.4, -0.2) is 7.85 Å². The highest BCUT2D eigenvalue weighted by Crippen LogP contribution is 2.37. The normalized spacial score (nSPS) is 11.5. The van der Waals surface area contributed by atoms with E-state index in [0.29, 0.717) is 11.0 Å². The summed E-state index contributed by atoms with van der Waals surface area (Å²) < 4.78 is -1.35. The monoisotopic (exact) mass is 204 g/mol. The molecule has 0 bridgehead atoms. The predicted molar refractivity (Wildman–Crippen MR) is 51.1 cm³/mol. The lowest BCUT2D eigenvalue weighted by molar-refractivity contribution is 1.25. The molecule has 0 heterocycles. The van der Waals surface area contributed by atoms with Crippen LogP contribution >= 0.6 is 34.8 Å². The van der Waals surface area contributed by atoms with Crippen molar-refractivity contribution in [3.8, 4) is 0 Å². The van der Waals surface area contributed by atoms with Crippen LogP contribution in [0.4, 0.5) is 0 Å². The van der Waals surface area contributed by atoms with E-state index >= 15 is 0 Å². The molecule has 1 aromatic carbocycles. The zero-order valence-corrected chi connectivity index (χ0v) is 7.79. The van der Waals surface area contributed by atoms with Crippen molar-refractivity contribution in [2.24, 2.45) is 0 Å². The summed E-state index contributed by atoms with van der Waals surface area (Å²) in [5, 5.41) is 0. The van der Waals surface area contributed by atoms with Crippen molar-refractivity contribution in [2.75, 3.05) is 0 Å². The molecule has 1 rings (SSSR count). The lowest BCUT2D eigenvalue weighted by Crippen LogP contribution is -2.05. The lowest BCUT2D eigenvalue weighted by atomic mass is 9.96. The van der Waals surface area contributed by atoms with Gasteiger partial charge in [-0.25, -0.2) is 0 Å². The minimum atomic E-state index is -1.35. The molecule has 0 aromatic heterocycles. The first-order valence-electron chi connectivity index (χ1n) is 2.93. The summed E-state index contributed by atoms with van der Waals surface area (Å²) in [7, 11) is 5.44. The van der Waals surface area contributed by atoms with Gasteiger partial charge in [0.2, 0.25) is 3.79 Å². The molecular formula is C7H4BCl3. The molecule has 0 saturated carbocycles. The van der Waals surface area contributed by atoms with E-state index in [1.165, 1.54) is 0 Å². The van der Waals surface area contributed by atoms with Crippen LogP contribution in [0.1, 0.15) is 5.56 Å². The van der Waals surface area contributed by atoms with Gasteiger partial charge in [0.1, 0.15) is 7.85 Å². The van der Waals surface area contributed by atoms with Crippen LogP contribution in [0.3, 0.4) is 0 Å². The van der Waals surface area contributed by atoms with Crippen molar-refractivity contribution >= 4 is 48.1 Å². The Morgan fingerprint density at radius 3 is 1.82 bits per heavy atom. The Labute approximate surface area is 81.9 Å². The van der Waals surface area contributed by atoms with Gasteiger partial charge >= 0.3 is 0 Å². The lowest BCUT2D eigenvalue weighted by Gasteiger charge is -2.10. The van der Waals surface area contributed by atoms with E-state index < -0.39 is 3.79 Å². The molecule has 56 valence electrons. The molecule has 0 amide bonds. The minimum absolute atomic E-state index is 0.622. The van der Waals surface area contributed by atoms with Gasteiger partial charge in [0.25, 0.3) is 0 Å². The second-order valence-corrected chi connectivity index (χ2v) is 4.40. The first-order valence-corrected chi connectivity index (χ1v) is 4.06. The van der Waals surface area contributed by atoms with E-state index in [9.17, 15) is 0 Å². The summed E-state index contributed by atoms with van der Waals surface area (Å²) in [6, 6.07) is 6.75. The molecule has 0 aliphatic carbocycles. The van der Waals surface area contributed by atoms with E-state index in [4.69, 9.17) is 42.6 Å². The maximum Gasteiger partial charge on any atom is 0.216 e. The fourth-order valence-corrected chi connectivity index (χ4v) is 1.05. The Morgan fingerprint density at radius 2 is 1.45 bits per heavy atom. The predicted octanol–water partition coefficient (Wildman–Crippen LogP) is 2.31. The third-order valence-electron chi connectivity index (χ3n) is 1.24. The number of halogens is 3. The molecule has 4 heteroatoms. The Hall–Kier alpha value is 0.155. The van der Waals surface area contributed by atoms with E-state index in [1.54, 1.807) is 24.3 Å². The quantitative estimate of drug-likeness (QED) is 0.450. The Balaban J connectivity index is 2.99. The van der Waals surface area contributed by atoms with Gasteiger partial charge in [0.05, 0.1) is 0 Å². The van der Waals surface area contributed by atoms with Gasteiger partial charge < -0.3 is 0 Å². The molecule has 0 N–H and O–H groups in total. The molecule has 2 radical (unpaired) electrons. The van der Waals surface area contributed by atoms with Crippen molar-refractivity contribution in [1.82, 2.24) is 0 Å². The SMILES string of the molecule is [B]c1ccc(C(Cl)(Cl)Cl)cc1. The van der Waals surface area contributed by atoms with Crippen LogP contribution in [-0.2, 0) is 3.79 Å². The van der Waals surface area contributed by atoms with E-state index in [-0.39, 0.29) is 0 Å². The second kappa shape index (κ2) is 3.26. The van der Waals surface area contributed by atoms with Crippen molar-refractivity contribution in [3.63, 3.8) is 0 Å². The second-order valence-electron chi connectivity index (χ2n) is 2.12. The highest BCUT2D eigenvalue weighted by Gasteiger charge is 2.21. The van der Waals surface area contributed by atoms with Crippen molar-refractivity contribution in [1.29, 1.82) is 0 Å². The van der Waals surface area contributed by atoms with Gasteiger partial charge in [-0.3, -0.25) is 0 Å². The van der Waals surface area contributed by atoms with Gasteiger partial charge in [-0.05, 0) is 0 Å². The molecule has 0 nitrogen and oxygen atoms in total. The van der Waals surface area contributed by atoms with Gasteiger partial charge in [0, 0.05) is 5.56 Å². The van der Waals surface area contributed by atoms with Crippen molar-refractivity contribution in [2.45, 2.75) is 3.79 Å². The Kier molecular flexibility index (Phi) is 2.74. The number of hydrogen-bond donors (Lipinski definition) is 0. The molecule has 0 aliphatic heterocycles. The fourth-order valence-electron chi connectivity index (χ4n) is 0.672. The van der Waals surface area contributed by atoms with Crippen molar-refractivity contribution in [3.05, 3.63) is 29.8 Å². The van der Waals surface area contributed by atoms with E-state index in [0.717, 1.165) is 0 Å². The Morgan fingerprint density at radius 1 is 1.00 bits per heavy atom. The highest BCUT2D eigenvalue weighted by atomic mass is 35.6.